The van der Waals surface area contributed by atoms with E-state index in [1.165, 1.54) is 6.26 Å². The van der Waals surface area contributed by atoms with Crippen molar-refractivity contribution >= 4 is 15.9 Å². The highest BCUT2D eigenvalue weighted by Crippen LogP contribution is 2.71. The van der Waals surface area contributed by atoms with Crippen LogP contribution in [-0.4, -0.2) is 56.2 Å². The van der Waals surface area contributed by atoms with Crippen LogP contribution in [0.25, 0.3) is 0 Å². The van der Waals surface area contributed by atoms with Gasteiger partial charge in [-0.25, -0.2) is 8.42 Å². The number of hydrogen-bond donors (Lipinski definition) is 1. The smallest absolute Gasteiger partial charge is 0.229 e. The summed E-state index contributed by atoms with van der Waals surface area (Å²) in [6, 6.07) is -0.101. The van der Waals surface area contributed by atoms with E-state index >= 15 is 0 Å². The van der Waals surface area contributed by atoms with Gasteiger partial charge < -0.3 is 10.1 Å². The molecule has 1 spiro atoms. The van der Waals surface area contributed by atoms with E-state index in [2.05, 4.69) is 5.32 Å². The Bertz CT molecular complexity index is 616. The van der Waals surface area contributed by atoms with Crippen LogP contribution in [0.15, 0.2) is 0 Å². The topological polar surface area (TPSA) is 75.7 Å². The number of nitrogens with zero attached hydrogens (tertiary/aromatic N) is 1. The first kappa shape index (κ1) is 15.8. The van der Waals surface area contributed by atoms with Crippen molar-refractivity contribution in [3.05, 3.63) is 0 Å². The van der Waals surface area contributed by atoms with Crippen LogP contribution in [0.3, 0.4) is 0 Å². The third kappa shape index (κ3) is 2.27. The molecule has 3 atom stereocenters. The van der Waals surface area contributed by atoms with Crippen LogP contribution < -0.4 is 5.32 Å². The van der Waals surface area contributed by atoms with Gasteiger partial charge in [0.15, 0.2) is 0 Å². The number of carbonyl (C=O) groups excluding carboxylic acids is 1. The minimum atomic E-state index is -3.21. The second-order valence-electron chi connectivity index (χ2n) is 7.76. The third-order valence-electron chi connectivity index (χ3n) is 6.54. The molecule has 2 aliphatic heterocycles. The molecule has 0 aromatic rings. The highest BCUT2D eigenvalue weighted by Gasteiger charge is 2.77. The molecular formula is C16H26N2O4S. The lowest BCUT2D eigenvalue weighted by atomic mass is 9.68. The molecule has 1 amide bonds. The van der Waals surface area contributed by atoms with Crippen LogP contribution >= 0.6 is 0 Å². The molecule has 0 aromatic heterocycles. The first-order valence-corrected chi connectivity index (χ1v) is 10.6. The van der Waals surface area contributed by atoms with Gasteiger partial charge >= 0.3 is 0 Å². The lowest BCUT2D eigenvalue weighted by Gasteiger charge is -2.44. The molecule has 2 heterocycles. The van der Waals surface area contributed by atoms with Crippen molar-refractivity contribution in [1.82, 2.24) is 9.62 Å². The van der Waals surface area contributed by atoms with E-state index in [9.17, 15) is 13.2 Å². The summed E-state index contributed by atoms with van der Waals surface area (Å²) in [5.41, 5.74) is -0.513. The van der Waals surface area contributed by atoms with Crippen LogP contribution in [0.4, 0.5) is 0 Å². The lowest BCUT2D eigenvalue weighted by molar-refractivity contribution is -0.149. The Balaban J connectivity index is 1.42. The molecular weight excluding hydrogens is 316 g/mol. The first-order valence-electron chi connectivity index (χ1n) is 8.78. The SMILES string of the molecule is CS(=O)(=O)N1CCCCC1CNC(=O)[C@]12C[C@H]1COC21CCC1. The average molecular weight is 342 g/mol. The minimum absolute atomic E-state index is 0.0960. The Hall–Kier alpha value is -0.660. The van der Waals surface area contributed by atoms with E-state index < -0.39 is 10.0 Å². The quantitative estimate of drug-likeness (QED) is 0.823. The summed E-state index contributed by atoms with van der Waals surface area (Å²) in [4.78, 5) is 12.9. The minimum Gasteiger partial charge on any atom is -0.374 e. The number of sulfonamides is 1. The van der Waals surface area contributed by atoms with Gasteiger partial charge in [-0.15, -0.1) is 0 Å². The first-order chi connectivity index (χ1) is 10.9. The van der Waals surface area contributed by atoms with Crippen molar-refractivity contribution in [3.8, 4) is 0 Å². The van der Waals surface area contributed by atoms with Crippen LogP contribution in [0.1, 0.15) is 44.9 Å². The van der Waals surface area contributed by atoms with Crippen LogP contribution in [-0.2, 0) is 19.6 Å². The molecule has 4 fully saturated rings. The maximum atomic E-state index is 12.9. The Labute approximate surface area is 138 Å². The lowest BCUT2D eigenvalue weighted by Crippen LogP contribution is -2.55. The summed E-state index contributed by atoms with van der Waals surface area (Å²) in [6.45, 7) is 1.71. The highest BCUT2D eigenvalue weighted by molar-refractivity contribution is 7.88. The molecule has 2 saturated heterocycles. The molecule has 6 nitrogen and oxygen atoms in total. The molecule has 2 saturated carbocycles. The van der Waals surface area contributed by atoms with E-state index in [-0.39, 0.29) is 23.0 Å². The number of ether oxygens (including phenoxy) is 1. The van der Waals surface area contributed by atoms with Gasteiger partial charge in [0.25, 0.3) is 0 Å². The molecule has 130 valence electrons. The Morgan fingerprint density at radius 3 is 2.70 bits per heavy atom. The van der Waals surface area contributed by atoms with Crippen molar-refractivity contribution in [1.29, 1.82) is 0 Å². The largest absolute Gasteiger partial charge is 0.374 e. The molecule has 7 heteroatoms. The number of carbonyl (C=O) groups is 1. The number of nitrogens with one attached hydrogen (secondary N) is 1. The van der Waals surface area contributed by atoms with E-state index in [4.69, 9.17) is 4.74 Å². The van der Waals surface area contributed by atoms with E-state index in [0.29, 0.717) is 25.6 Å². The van der Waals surface area contributed by atoms with Gasteiger partial charge in [-0.05, 0) is 38.5 Å². The Morgan fingerprint density at radius 2 is 2.09 bits per heavy atom. The zero-order chi connectivity index (χ0) is 16.3. The fourth-order valence-corrected chi connectivity index (χ4v) is 6.22. The molecule has 4 aliphatic rings. The monoisotopic (exact) mass is 342 g/mol. The molecule has 1 N–H and O–H groups in total. The molecule has 0 bridgehead atoms. The van der Waals surface area contributed by atoms with E-state index in [0.717, 1.165) is 44.9 Å². The number of rotatable bonds is 4. The zero-order valence-electron chi connectivity index (χ0n) is 13.7. The maximum absolute atomic E-state index is 12.9. The summed E-state index contributed by atoms with van der Waals surface area (Å²) < 4.78 is 31.4. The summed E-state index contributed by atoms with van der Waals surface area (Å²) in [5, 5.41) is 3.08. The Kier molecular flexibility index (Phi) is 3.56. The van der Waals surface area contributed by atoms with Gasteiger partial charge in [-0.1, -0.05) is 6.42 Å². The van der Waals surface area contributed by atoms with Crippen molar-refractivity contribution in [2.24, 2.45) is 11.3 Å². The molecule has 0 radical (unpaired) electrons. The summed E-state index contributed by atoms with van der Waals surface area (Å²) in [5.74, 6) is 0.471. The standard InChI is InChI=1S/C16H26N2O4S/c1-23(20,21)18-8-3-2-5-13(18)10-17-14(19)16-9-12(16)11-22-15(16)6-4-7-15/h12-13H,2-11H2,1H3,(H,17,19)/t12-,13?,16-/m0/s1. The van der Waals surface area contributed by atoms with Crippen molar-refractivity contribution < 1.29 is 17.9 Å². The van der Waals surface area contributed by atoms with Gasteiger partial charge in [0, 0.05) is 25.0 Å². The molecule has 2 aliphatic carbocycles. The number of hydrogen-bond acceptors (Lipinski definition) is 4. The van der Waals surface area contributed by atoms with Crippen molar-refractivity contribution in [3.63, 3.8) is 0 Å². The second-order valence-corrected chi connectivity index (χ2v) is 9.70. The van der Waals surface area contributed by atoms with Crippen molar-refractivity contribution in [2.45, 2.75) is 56.6 Å². The predicted molar refractivity (Wildman–Crippen MR) is 85.3 cm³/mol. The average Bonchev–Trinajstić information content (AvgIpc) is 3.11. The van der Waals surface area contributed by atoms with Crippen LogP contribution in [0.5, 0.6) is 0 Å². The normalized spacial score (nSPS) is 38.8. The fraction of sp³-hybridized carbons (Fsp3) is 0.938. The highest BCUT2D eigenvalue weighted by atomic mass is 32.2. The van der Waals surface area contributed by atoms with E-state index in [1.54, 1.807) is 4.31 Å². The van der Waals surface area contributed by atoms with Gasteiger partial charge in [-0.3, -0.25) is 4.79 Å². The van der Waals surface area contributed by atoms with Gasteiger partial charge in [-0.2, -0.15) is 4.31 Å². The molecule has 1 unspecified atom stereocenters. The fourth-order valence-electron chi connectivity index (χ4n) is 5.03. The third-order valence-corrected chi connectivity index (χ3v) is 7.88. The van der Waals surface area contributed by atoms with Gasteiger partial charge in [0.1, 0.15) is 0 Å². The molecule has 23 heavy (non-hydrogen) atoms. The molecule has 4 rings (SSSR count). The van der Waals surface area contributed by atoms with Crippen LogP contribution in [0, 0.1) is 11.3 Å². The zero-order valence-corrected chi connectivity index (χ0v) is 14.5. The predicted octanol–water partition coefficient (Wildman–Crippen LogP) is 0.876. The summed E-state index contributed by atoms with van der Waals surface area (Å²) in [6.07, 6.45) is 8.09. The Morgan fingerprint density at radius 1 is 1.30 bits per heavy atom. The maximum Gasteiger partial charge on any atom is 0.229 e. The van der Waals surface area contributed by atoms with Crippen molar-refractivity contribution in [2.75, 3.05) is 26.0 Å². The number of fused-ring (bicyclic) bond motifs is 2. The molecule has 0 aromatic carbocycles. The van der Waals surface area contributed by atoms with Gasteiger partial charge in [0.05, 0.1) is 23.9 Å². The van der Waals surface area contributed by atoms with Gasteiger partial charge in [0.2, 0.25) is 15.9 Å². The second kappa shape index (κ2) is 5.17. The number of amides is 1. The summed E-state index contributed by atoms with van der Waals surface area (Å²) >= 11 is 0. The summed E-state index contributed by atoms with van der Waals surface area (Å²) in [7, 11) is -3.21. The van der Waals surface area contributed by atoms with E-state index in [1.807, 2.05) is 0 Å². The van der Waals surface area contributed by atoms with Crippen LogP contribution in [0.2, 0.25) is 0 Å². The number of piperidine rings is 1.